The second kappa shape index (κ2) is 7.59. The first-order valence-electron chi connectivity index (χ1n) is 4.92. The summed E-state index contributed by atoms with van der Waals surface area (Å²) in [5.74, 6) is 5.84. The van der Waals surface area contributed by atoms with Gasteiger partial charge in [-0.25, -0.2) is 0 Å². The lowest BCUT2D eigenvalue weighted by Gasteiger charge is -2.07. The van der Waals surface area contributed by atoms with E-state index in [0.717, 1.165) is 12.8 Å². The van der Waals surface area contributed by atoms with Gasteiger partial charge in [0.25, 0.3) is 0 Å². The summed E-state index contributed by atoms with van der Waals surface area (Å²) in [5, 5.41) is 0. The Bertz CT molecular complexity index is 273. The minimum atomic E-state index is -2.07. The van der Waals surface area contributed by atoms with Crippen molar-refractivity contribution in [3.63, 3.8) is 0 Å². The van der Waals surface area contributed by atoms with Crippen LogP contribution in [0.2, 0.25) is 0 Å². The van der Waals surface area contributed by atoms with E-state index < -0.39 is 13.9 Å². The van der Waals surface area contributed by atoms with Crippen molar-refractivity contribution in [1.82, 2.24) is 0 Å². The fraction of sp³-hybridized carbons (Fsp3) is 0.636. The summed E-state index contributed by atoms with van der Waals surface area (Å²) in [6, 6.07) is 0. The van der Waals surface area contributed by atoms with Crippen molar-refractivity contribution in [3.8, 4) is 11.8 Å². The summed E-state index contributed by atoms with van der Waals surface area (Å²) in [6.07, 6.45) is 3.39. The third kappa shape index (κ3) is 8.32. The second-order valence-corrected chi connectivity index (χ2v) is 4.26. The first-order valence-corrected chi connectivity index (χ1v) is 6.01. The predicted molar refractivity (Wildman–Crippen MR) is 61.6 cm³/mol. The molecule has 0 heterocycles. The zero-order valence-corrected chi connectivity index (χ0v) is 10.5. The van der Waals surface area contributed by atoms with Crippen LogP contribution in [0.5, 0.6) is 0 Å². The van der Waals surface area contributed by atoms with Crippen LogP contribution in [0.1, 0.15) is 33.6 Å². The highest BCUT2D eigenvalue weighted by atomic mass is 31.1. The predicted octanol–water partition coefficient (Wildman–Crippen LogP) is 3.45. The molecule has 0 aliphatic carbocycles. The van der Waals surface area contributed by atoms with E-state index in [1.165, 1.54) is 0 Å². The molecule has 0 fully saturated rings. The minimum Gasteiger partial charge on any atom is -0.119 e. The lowest BCUT2D eigenvalue weighted by Crippen LogP contribution is -2.18. The fourth-order valence-corrected chi connectivity index (χ4v) is 1.47. The summed E-state index contributed by atoms with van der Waals surface area (Å²) in [5.41, 5.74) is -0.732. The molecule has 0 aromatic rings. The van der Waals surface area contributed by atoms with Crippen molar-refractivity contribution in [2.24, 2.45) is 0 Å². The average molecular weight is 229 g/mol. The van der Waals surface area contributed by atoms with E-state index in [1.54, 1.807) is 20.8 Å². The van der Waals surface area contributed by atoms with Gasteiger partial charge < -0.3 is 0 Å². The van der Waals surface area contributed by atoms with E-state index in [0.29, 0.717) is 6.61 Å². The molecule has 15 heavy (non-hydrogen) atoms. The number of allylic oxidation sites excluding steroid dienone is 1. The molecule has 1 unspecified atom stereocenters. The van der Waals surface area contributed by atoms with E-state index in [2.05, 4.69) is 18.4 Å². The van der Waals surface area contributed by atoms with Gasteiger partial charge in [0.05, 0.1) is 0 Å². The molecule has 0 saturated heterocycles. The normalized spacial score (nSPS) is 11.5. The maximum absolute atomic E-state index is 11.2. The Hall–Kier alpha value is -0.680. The summed E-state index contributed by atoms with van der Waals surface area (Å²) >= 11 is 0. The Kier molecular flexibility index (Phi) is 7.25. The van der Waals surface area contributed by atoms with Crippen molar-refractivity contribution in [2.45, 2.75) is 39.2 Å². The molecule has 0 aliphatic rings. The number of hydrogen-bond acceptors (Lipinski definition) is 3. The van der Waals surface area contributed by atoms with Gasteiger partial charge >= 0.3 is 8.25 Å². The Morgan fingerprint density at radius 3 is 2.73 bits per heavy atom. The topological polar surface area (TPSA) is 35.5 Å². The molecular weight excluding hydrogens is 211 g/mol. The molecule has 3 nitrogen and oxygen atoms in total. The number of hydrogen-bond donors (Lipinski definition) is 0. The minimum absolute atomic E-state index is 0.370. The zero-order valence-electron chi connectivity index (χ0n) is 9.58. The first-order chi connectivity index (χ1) is 7.02. The summed E-state index contributed by atoms with van der Waals surface area (Å²) in [4.78, 5) is 0. The van der Waals surface area contributed by atoms with Crippen molar-refractivity contribution in [3.05, 3.63) is 12.7 Å². The Morgan fingerprint density at radius 2 is 2.20 bits per heavy atom. The largest absolute Gasteiger partial charge is 0.698 e. The van der Waals surface area contributed by atoms with Gasteiger partial charge in [0, 0.05) is 11.0 Å². The molecule has 0 aliphatic heterocycles. The molecule has 0 aromatic heterocycles. The first kappa shape index (κ1) is 14.3. The van der Waals surface area contributed by atoms with Crippen LogP contribution >= 0.6 is 8.25 Å². The van der Waals surface area contributed by atoms with Crippen LogP contribution < -0.4 is 0 Å². The van der Waals surface area contributed by atoms with Gasteiger partial charge in [0.2, 0.25) is 0 Å². The Labute approximate surface area is 92.8 Å². The molecular formula is C11H18O3P+. The lowest BCUT2D eigenvalue weighted by molar-refractivity contribution is 0.143. The van der Waals surface area contributed by atoms with E-state index in [1.807, 2.05) is 6.08 Å². The smallest absolute Gasteiger partial charge is 0.119 e. The summed E-state index contributed by atoms with van der Waals surface area (Å²) in [6.45, 7) is 9.26. The molecule has 1 atom stereocenters. The van der Waals surface area contributed by atoms with Crippen molar-refractivity contribution >= 4 is 8.25 Å². The SMILES string of the molecule is C=CCCC#CC(C)(C)O[P+](=O)OCC. The van der Waals surface area contributed by atoms with E-state index in [9.17, 15) is 4.57 Å². The highest BCUT2D eigenvalue weighted by Crippen LogP contribution is 2.30. The van der Waals surface area contributed by atoms with Gasteiger partial charge in [-0.1, -0.05) is 22.4 Å². The lowest BCUT2D eigenvalue weighted by atomic mass is 10.1. The van der Waals surface area contributed by atoms with Crippen LogP contribution in [0.25, 0.3) is 0 Å². The van der Waals surface area contributed by atoms with Crippen molar-refractivity contribution < 1.29 is 13.6 Å². The summed E-state index contributed by atoms with van der Waals surface area (Å²) in [7, 11) is -2.07. The molecule has 4 heteroatoms. The van der Waals surface area contributed by atoms with Gasteiger partial charge in [0.1, 0.15) is 6.61 Å². The van der Waals surface area contributed by atoms with Crippen LogP contribution in [0, 0.1) is 11.8 Å². The van der Waals surface area contributed by atoms with Crippen LogP contribution in [0.15, 0.2) is 12.7 Å². The molecule has 84 valence electrons. The average Bonchev–Trinajstić information content (AvgIpc) is 2.12. The molecule has 0 bridgehead atoms. The van der Waals surface area contributed by atoms with Gasteiger partial charge in [-0.15, -0.1) is 11.1 Å². The maximum Gasteiger partial charge on any atom is 0.698 e. The highest BCUT2D eigenvalue weighted by molar-refractivity contribution is 7.33. The maximum atomic E-state index is 11.2. The molecule has 0 saturated carbocycles. The van der Waals surface area contributed by atoms with Crippen molar-refractivity contribution in [1.29, 1.82) is 0 Å². The van der Waals surface area contributed by atoms with Gasteiger partial charge in [-0.3, -0.25) is 0 Å². The monoisotopic (exact) mass is 229 g/mol. The third-order valence-corrected chi connectivity index (χ3v) is 2.47. The van der Waals surface area contributed by atoms with Gasteiger partial charge in [-0.05, 0) is 27.2 Å². The van der Waals surface area contributed by atoms with Crippen LogP contribution in [0.3, 0.4) is 0 Å². The zero-order chi connectivity index (χ0) is 11.7. The molecule has 0 amide bonds. The highest BCUT2D eigenvalue weighted by Gasteiger charge is 2.31. The van der Waals surface area contributed by atoms with E-state index >= 15 is 0 Å². The quantitative estimate of drug-likeness (QED) is 0.303. The number of unbranched alkanes of at least 4 members (excludes halogenated alkanes) is 1. The Morgan fingerprint density at radius 1 is 1.53 bits per heavy atom. The Balaban J connectivity index is 4.08. The van der Waals surface area contributed by atoms with Crippen LogP contribution in [-0.2, 0) is 13.6 Å². The van der Waals surface area contributed by atoms with Crippen LogP contribution in [0.4, 0.5) is 0 Å². The summed E-state index contributed by atoms with van der Waals surface area (Å²) < 4.78 is 21.1. The molecule has 0 N–H and O–H groups in total. The third-order valence-electron chi connectivity index (χ3n) is 1.40. The van der Waals surface area contributed by atoms with Gasteiger partial charge in [0.15, 0.2) is 5.60 Å². The van der Waals surface area contributed by atoms with E-state index in [-0.39, 0.29) is 0 Å². The molecule has 0 rings (SSSR count). The standard InChI is InChI=1S/C11H18O3P/c1-5-7-8-9-10-11(3,4)14-15(12)13-6-2/h5H,1,6-8H2,2-4H3/q+1. The molecule has 0 aromatic carbocycles. The van der Waals surface area contributed by atoms with Gasteiger partial charge in [-0.2, -0.15) is 0 Å². The van der Waals surface area contributed by atoms with Crippen LogP contribution in [-0.4, -0.2) is 12.2 Å². The second-order valence-electron chi connectivity index (χ2n) is 3.37. The molecule has 0 radical (unpaired) electrons. The number of rotatable bonds is 6. The molecule has 0 spiro atoms. The van der Waals surface area contributed by atoms with Crippen molar-refractivity contribution in [2.75, 3.05) is 6.61 Å². The fourth-order valence-electron chi connectivity index (χ4n) is 0.791. The van der Waals surface area contributed by atoms with E-state index in [4.69, 9.17) is 9.05 Å².